The molecule has 0 heterocycles. The lowest BCUT2D eigenvalue weighted by Gasteiger charge is -2.09. The fourth-order valence-corrected chi connectivity index (χ4v) is 2.04. The van der Waals surface area contributed by atoms with E-state index in [0.29, 0.717) is 6.29 Å². The third kappa shape index (κ3) is 4.24. The second kappa shape index (κ2) is 6.51. The van der Waals surface area contributed by atoms with Gasteiger partial charge in [0.25, 0.3) is 0 Å². The van der Waals surface area contributed by atoms with Gasteiger partial charge in [0.15, 0.2) is 6.29 Å². The second-order valence-electron chi connectivity index (χ2n) is 4.92. The number of allylic oxidation sites excluding steroid dienone is 1. The third-order valence-electron chi connectivity index (χ3n) is 3.19. The Morgan fingerprint density at radius 2 is 1.33 bits per heavy atom. The van der Waals surface area contributed by atoms with Gasteiger partial charge in [-0.2, -0.15) is 26.3 Å². The molecule has 0 unspecified atom stereocenters. The van der Waals surface area contributed by atoms with Gasteiger partial charge in [0.1, 0.15) is 0 Å². The number of benzene rings is 2. The molecule has 0 radical (unpaired) electrons. The lowest BCUT2D eigenvalue weighted by atomic mass is 10.0. The van der Waals surface area contributed by atoms with Crippen LogP contribution in [0.15, 0.2) is 48.5 Å². The first-order chi connectivity index (χ1) is 11.1. The largest absolute Gasteiger partial charge is 0.416 e. The lowest BCUT2D eigenvalue weighted by molar-refractivity contribution is -0.138. The summed E-state index contributed by atoms with van der Waals surface area (Å²) >= 11 is 0. The van der Waals surface area contributed by atoms with Gasteiger partial charge in [0, 0.05) is 5.57 Å². The van der Waals surface area contributed by atoms with Crippen LogP contribution >= 0.6 is 0 Å². The Kier molecular flexibility index (Phi) is 4.82. The fraction of sp³-hybridized carbons (Fsp3) is 0.118. The quantitative estimate of drug-likeness (QED) is 0.313. The molecule has 2 rings (SSSR count). The van der Waals surface area contributed by atoms with Gasteiger partial charge in [-0.3, -0.25) is 4.79 Å². The molecule has 0 saturated carbocycles. The highest BCUT2D eigenvalue weighted by atomic mass is 19.4. The molecule has 0 aliphatic rings. The summed E-state index contributed by atoms with van der Waals surface area (Å²) in [5, 5.41) is 0. The van der Waals surface area contributed by atoms with Crippen LogP contribution < -0.4 is 0 Å². The predicted molar refractivity (Wildman–Crippen MR) is 76.8 cm³/mol. The molecule has 0 N–H and O–H groups in total. The van der Waals surface area contributed by atoms with Crippen molar-refractivity contribution in [3.05, 3.63) is 70.8 Å². The van der Waals surface area contributed by atoms with Crippen molar-refractivity contribution in [3.8, 4) is 0 Å². The van der Waals surface area contributed by atoms with Gasteiger partial charge in [-0.25, -0.2) is 0 Å². The third-order valence-corrected chi connectivity index (χ3v) is 3.19. The summed E-state index contributed by atoms with van der Waals surface area (Å²) in [5.41, 5.74) is -1.98. The van der Waals surface area contributed by atoms with Crippen molar-refractivity contribution in [2.75, 3.05) is 0 Å². The van der Waals surface area contributed by atoms with Crippen molar-refractivity contribution in [1.29, 1.82) is 0 Å². The molecule has 1 nitrogen and oxygen atoms in total. The molecule has 2 aromatic carbocycles. The number of hydrogen-bond donors (Lipinski definition) is 0. The summed E-state index contributed by atoms with van der Waals surface area (Å²) in [6.07, 6.45) is -7.73. The minimum Gasteiger partial charge on any atom is -0.298 e. The number of hydrogen-bond acceptors (Lipinski definition) is 1. The van der Waals surface area contributed by atoms with Crippen LogP contribution in [-0.2, 0) is 17.1 Å². The van der Waals surface area contributed by atoms with Gasteiger partial charge >= 0.3 is 12.4 Å². The monoisotopic (exact) mass is 344 g/mol. The Labute approximate surface area is 133 Å². The van der Waals surface area contributed by atoms with Crippen LogP contribution in [-0.4, -0.2) is 6.29 Å². The topological polar surface area (TPSA) is 17.1 Å². The highest BCUT2D eigenvalue weighted by Crippen LogP contribution is 2.32. The summed E-state index contributed by atoms with van der Waals surface area (Å²) < 4.78 is 76.2. The van der Waals surface area contributed by atoms with Crippen LogP contribution in [0, 0.1) is 0 Å². The summed E-state index contributed by atoms with van der Waals surface area (Å²) in [5.74, 6) is 0. The SMILES string of the molecule is O=C/C(=C/c1cccc(C(F)(F)F)c1)c1cccc(C(F)(F)F)c1. The molecule has 0 saturated heterocycles. The number of carbonyl (C=O) groups is 1. The molecular formula is C17H10F6O. The maximum absolute atomic E-state index is 12.7. The summed E-state index contributed by atoms with van der Waals surface area (Å²) in [6.45, 7) is 0. The van der Waals surface area contributed by atoms with Gasteiger partial charge < -0.3 is 0 Å². The highest BCUT2D eigenvalue weighted by Gasteiger charge is 2.31. The van der Waals surface area contributed by atoms with Gasteiger partial charge in [-0.05, 0) is 41.5 Å². The maximum Gasteiger partial charge on any atom is 0.416 e. The van der Waals surface area contributed by atoms with Crippen LogP contribution in [0.4, 0.5) is 26.3 Å². The Hall–Kier alpha value is -2.57. The number of alkyl halides is 6. The minimum absolute atomic E-state index is 0.0303. The first-order valence-electron chi connectivity index (χ1n) is 6.63. The van der Waals surface area contributed by atoms with Crippen molar-refractivity contribution in [2.24, 2.45) is 0 Å². The van der Waals surface area contributed by atoms with Crippen LogP contribution in [0.3, 0.4) is 0 Å². The highest BCUT2D eigenvalue weighted by molar-refractivity contribution is 6.13. The van der Waals surface area contributed by atoms with Crippen LogP contribution in [0.2, 0.25) is 0 Å². The molecule has 24 heavy (non-hydrogen) atoms. The Bertz CT molecular complexity index is 771. The van der Waals surface area contributed by atoms with E-state index >= 15 is 0 Å². The van der Waals surface area contributed by atoms with Gasteiger partial charge in [0.05, 0.1) is 11.1 Å². The smallest absolute Gasteiger partial charge is 0.298 e. The van der Waals surface area contributed by atoms with E-state index in [0.717, 1.165) is 42.5 Å². The van der Waals surface area contributed by atoms with Crippen LogP contribution in [0.25, 0.3) is 11.6 Å². The van der Waals surface area contributed by atoms with E-state index in [4.69, 9.17) is 0 Å². The zero-order valence-corrected chi connectivity index (χ0v) is 11.9. The number of carbonyl (C=O) groups excluding carboxylic acids is 1. The van der Waals surface area contributed by atoms with E-state index in [2.05, 4.69) is 0 Å². The van der Waals surface area contributed by atoms with E-state index in [1.54, 1.807) is 0 Å². The molecule has 0 amide bonds. The summed E-state index contributed by atoms with van der Waals surface area (Å²) in [7, 11) is 0. The van der Waals surface area contributed by atoms with E-state index in [1.807, 2.05) is 0 Å². The Morgan fingerprint density at radius 1 is 0.792 bits per heavy atom. The molecular weight excluding hydrogens is 334 g/mol. The van der Waals surface area contributed by atoms with Crippen molar-refractivity contribution in [2.45, 2.75) is 12.4 Å². The Morgan fingerprint density at radius 3 is 1.88 bits per heavy atom. The molecule has 2 aromatic rings. The number of aldehydes is 1. The van der Waals surface area contributed by atoms with Crippen molar-refractivity contribution in [3.63, 3.8) is 0 Å². The molecule has 0 bridgehead atoms. The molecule has 0 fully saturated rings. The first kappa shape index (κ1) is 17.8. The van der Waals surface area contributed by atoms with E-state index in [1.165, 1.54) is 12.1 Å². The molecule has 0 aliphatic carbocycles. The Balaban J connectivity index is 2.46. The molecule has 126 valence electrons. The zero-order chi connectivity index (χ0) is 18.0. The van der Waals surface area contributed by atoms with Gasteiger partial charge in [0.2, 0.25) is 0 Å². The fourth-order valence-electron chi connectivity index (χ4n) is 2.04. The zero-order valence-electron chi connectivity index (χ0n) is 11.9. The van der Waals surface area contributed by atoms with Crippen molar-refractivity contribution in [1.82, 2.24) is 0 Å². The first-order valence-corrected chi connectivity index (χ1v) is 6.63. The van der Waals surface area contributed by atoms with Crippen molar-refractivity contribution >= 4 is 17.9 Å². The maximum atomic E-state index is 12.7. The van der Waals surface area contributed by atoms with Crippen LogP contribution in [0.1, 0.15) is 22.3 Å². The average molecular weight is 344 g/mol. The van der Waals surface area contributed by atoms with Gasteiger partial charge in [-0.15, -0.1) is 0 Å². The van der Waals surface area contributed by atoms with E-state index in [-0.39, 0.29) is 16.7 Å². The van der Waals surface area contributed by atoms with Crippen LogP contribution in [0.5, 0.6) is 0 Å². The van der Waals surface area contributed by atoms with Gasteiger partial charge in [-0.1, -0.05) is 24.3 Å². The second-order valence-corrected chi connectivity index (χ2v) is 4.92. The summed E-state index contributed by atoms with van der Waals surface area (Å²) in [4.78, 5) is 11.2. The van der Waals surface area contributed by atoms with E-state index in [9.17, 15) is 31.1 Å². The molecule has 7 heteroatoms. The number of halogens is 6. The lowest BCUT2D eigenvalue weighted by Crippen LogP contribution is -2.05. The average Bonchev–Trinajstić information content (AvgIpc) is 2.51. The molecule has 0 aromatic heterocycles. The standard InChI is InChI=1S/C17H10F6O/c18-16(19,20)14-5-1-3-11(8-14)7-13(10-24)12-4-2-6-15(9-12)17(21,22)23/h1-10H/b13-7-. The van der Waals surface area contributed by atoms with E-state index < -0.39 is 23.5 Å². The molecule has 0 spiro atoms. The summed E-state index contributed by atoms with van der Waals surface area (Å²) in [6, 6.07) is 8.18. The van der Waals surface area contributed by atoms with Crippen molar-refractivity contribution < 1.29 is 31.1 Å². The molecule has 0 aliphatic heterocycles. The predicted octanol–water partition coefficient (Wildman–Crippen LogP) is 5.46. The molecule has 0 atom stereocenters. The number of rotatable bonds is 3. The minimum atomic E-state index is -4.58. The normalized spacial score (nSPS) is 13.0.